The number of hydrogen-bond acceptors (Lipinski definition) is 3. The van der Waals surface area contributed by atoms with E-state index in [2.05, 4.69) is 11.3 Å². The summed E-state index contributed by atoms with van der Waals surface area (Å²) in [5.74, 6) is 0.603. The van der Waals surface area contributed by atoms with Crippen LogP contribution in [0.15, 0.2) is 18.7 Å². The molecule has 0 bridgehead atoms. The van der Waals surface area contributed by atoms with Gasteiger partial charge in [0.1, 0.15) is 18.6 Å². The van der Waals surface area contributed by atoms with Crippen molar-refractivity contribution in [3.05, 3.63) is 18.7 Å². The molecule has 0 atom stereocenters. The Morgan fingerprint density at radius 1 is 1.78 bits per heavy atom. The van der Waals surface area contributed by atoms with Gasteiger partial charge in [-0.15, -0.1) is 0 Å². The van der Waals surface area contributed by atoms with Crippen LogP contribution in [0.1, 0.15) is 0 Å². The molecule has 0 aliphatic heterocycles. The molecule has 9 heavy (non-hydrogen) atoms. The largest absolute Gasteiger partial charge is 0.458 e. The van der Waals surface area contributed by atoms with Crippen molar-refractivity contribution >= 4 is 11.9 Å². The van der Waals surface area contributed by atoms with Crippen molar-refractivity contribution < 1.29 is 14.3 Å². The van der Waals surface area contributed by atoms with E-state index >= 15 is 0 Å². The van der Waals surface area contributed by atoms with Crippen LogP contribution in [-0.2, 0) is 14.3 Å². The molecular formula is C6H6O3. The molecule has 0 saturated heterocycles. The Labute approximate surface area is 52.6 Å². The van der Waals surface area contributed by atoms with Gasteiger partial charge < -0.3 is 4.74 Å². The molecule has 0 rings (SSSR count). The van der Waals surface area contributed by atoms with E-state index in [-0.39, 0.29) is 6.61 Å². The molecule has 0 aliphatic carbocycles. The monoisotopic (exact) mass is 126 g/mol. The summed E-state index contributed by atoms with van der Waals surface area (Å²) in [5.41, 5.74) is 0. The second-order valence-electron chi connectivity index (χ2n) is 1.18. The summed E-state index contributed by atoms with van der Waals surface area (Å²) in [6.45, 7) is 3.43. The van der Waals surface area contributed by atoms with Crippen LogP contribution in [0.25, 0.3) is 0 Å². The summed E-state index contributed by atoms with van der Waals surface area (Å²) in [6, 6.07) is 0. The SMILES string of the molecule is C=CCOC(=O)C=C=O. The van der Waals surface area contributed by atoms with Gasteiger partial charge in [0.25, 0.3) is 0 Å². The van der Waals surface area contributed by atoms with Crippen LogP contribution >= 0.6 is 0 Å². The molecule has 0 N–H and O–H groups in total. The molecule has 0 aromatic carbocycles. The van der Waals surface area contributed by atoms with Crippen molar-refractivity contribution in [3.63, 3.8) is 0 Å². The molecule has 0 fully saturated rings. The van der Waals surface area contributed by atoms with Crippen LogP contribution in [-0.4, -0.2) is 18.5 Å². The zero-order valence-corrected chi connectivity index (χ0v) is 4.79. The lowest BCUT2D eigenvalue weighted by molar-refractivity contribution is -0.136. The van der Waals surface area contributed by atoms with Gasteiger partial charge in [-0.1, -0.05) is 12.7 Å². The summed E-state index contributed by atoms with van der Waals surface area (Å²) >= 11 is 0. The topological polar surface area (TPSA) is 43.4 Å². The highest BCUT2D eigenvalue weighted by Gasteiger charge is 1.91. The summed E-state index contributed by atoms with van der Waals surface area (Å²) in [5, 5.41) is 0. The van der Waals surface area contributed by atoms with E-state index in [0.717, 1.165) is 0 Å². The van der Waals surface area contributed by atoms with E-state index in [4.69, 9.17) is 0 Å². The van der Waals surface area contributed by atoms with Crippen molar-refractivity contribution in [2.24, 2.45) is 0 Å². The lowest BCUT2D eigenvalue weighted by atomic mass is 10.6. The molecule has 0 radical (unpaired) electrons. The average Bonchev–Trinajstić information content (AvgIpc) is 1.85. The Morgan fingerprint density at radius 2 is 2.44 bits per heavy atom. The second kappa shape index (κ2) is 4.81. The van der Waals surface area contributed by atoms with E-state index in [1.165, 1.54) is 12.0 Å². The Kier molecular flexibility index (Phi) is 4.09. The fraction of sp³-hybridized carbons (Fsp3) is 0.167. The van der Waals surface area contributed by atoms with Crippen LogP contribution in [0.3, 0.4) is 0 Å². The van der Waals surface area contributed by atoms with Crippen molar-refractivity contribution in [2.75, 3.05) is 6.61 Å². The highest BCUT2D eigenvalue weighted by molar-refractivity contribution is 5.89. The number of esters is 1. The first-order valence-electron chi connectivity index (χ1n) is 2.29. The highest BCUT2D eigenvalue weighted by atomic mass is 16.5. The Morgan fingerprint density at radius 3 is 2.89 bits per heavy atom. The molecule has 0 unspecified atom stereocenters. The number of carbonyl (C=O) groups excluding carboxylic acids is 2. The maximum atomic E-state index is 10.2. The molecule has 0 heterocycles. The summed E-state index contributed by atoms with van der Waals surface area (Å²) in [6.07, 6.45) is 2.10. The van der Waals surface area contributed by atoms with E-state index in [1.807, 2.05) is 0 Å². The maximum Gasteiger partial charge on any atom is 0.342 e. The second-order valence-corrected chi connectivity index (χ2v) is 1.18. The Bertz CT molecular complexity index is 154. The number of hydrogen-bond donors (Lipinski definition) is 0. The van der Waals surface area contributed by atoms with E-state index in [9.17, 15) is 9.59 Å². The van der Waals surface area contributed by atoms with E-state index in [1.54, 1.807) is 0 Å². The summed E-state index contributed by atoms with van der Waals surface area (Å²) < 4.78 is 4.36. The van der Waals surface area contributed by atoms with Gasteiger partial charge in [-0.2, -0.15) is 0 Å². The third-order valence-electron chi connectivity index (χ3n) is 0.520. The molecular weight excluding hydrogens is 120 g/mol. The van der Waals surface area contributed by atoms with Crippen LogP contribution in [0, 0.1) is 0 Å². The standard InChI is InChI=1S/C6H6O3/c1-2-5-9-6(8)3-4-7/h2-3H,1,5H2. The quantitative estimate of drug-likeness (QED) is 0.233. The molecule has 0 spiro atoms. The van der Waals surface area contributed by atoms with Crippen LogP contribution in [0.2, 0.25) is 0 Å². The highest BCUT2D eigenvalue weighted by Crippen LogP contribution is 1.76. The Balaban J connectivity index is 3.50. The van der Waals surface area contributed by atoms with Gasteiger partial charge in [0.2, 0.25) is 0 Å². The molecule has 48 valence electrons. The molecule has 0 saturated carbocycles. The normalized spacial score (nSPS) is 7.11. The van der Waals surface area contributed by atoms with Gasteiger partial charge in [-0.25, -0.2) is 9.59 Å². The molecule has 0 aromatic rings. The average molecular weight is 126 g/mol. The van der Waals surface area contributed by atoms with Crippen molar-refractivity contribution in [1.82, 2.24) is 0 Å². The number of rotatable bonds is 3. The van der Waals surface area contributed by atoms with Gasteiger partial charge in [0.15, 0.2) is 0 Å². The first-order chi connectivity index (χ1) is 4.31. The van der Waals surface area contributed by atoms with Gasteiger partial charge in [-0.05, 0) is 0 Å². The zero-order chi connectivity index (χ0) is 7.11. The number of carbonyl (C=O) groups is 1. The molecule has 0 amide bonds. The van der Waals surface area contributed by atoms with Crippen LogP contribution in [0.4, 0.5) is 0 Å². The summed E-state index contributed by atoms with van der Waals surface area (Å²) in [7, 11) is 0. The fourth-order valence-corrected chi connectivity index (χ4v) is 0.231. The maximum absolute atomic E-state index is 10.2. The fourth-order valence-electron chi connectivity index (χ4n) is 0.231. The lowest BCUT2D eigenvalue weighted by Gasteiger charge is -1.91. The smallest absolute Gasteiger partial charge is 0.342 e. The van der Waals surface area contributed by atoms with Crippen molar-refractivity contribution in [1.29, 1.82) is 0 Å². The summed E-state index contributed by atoms with van der Waals surface area (Å²) in [4.78, 5) is 19.7. The minimum Gasteiger partial charge on any atom is -0.458 e. The van der Waals surface area contributed by atoms with E-state index < -0.39 is 5.97 Å². The molecule has 0 aliphatic rings. The third kappa shape index (κ3) is 4.51. The Hall–Kier alpha value is -1.34. The van der Waals surface area contributed by atoms with Crippen LogP contribution < -0.4 is 0 Å². The minimum absolute atomic E-state index is 0.122. The van der Waals surface area contributed by atoms with Gasteiger partial charge >= 0.3 is 5.97 Å². The number of ether oxygens (including phenoxy) is 1. The van der Waals surface area contributed by atoms with Gasteiger partial charge in [-0.3, -0.25) is 0 Å². The molecule has 3 nitrogen and oxygen atoms in total. The zero-order valence-electron chi connectivity index (χ0n) is 4.79. The lowest BCUT2D eigenvalue weighted by Crippen LogP contribution is -1.99. The minimum atomic E-state index is -0.690. The van der Waals surface area contributed by atoms with Gasteiger partial charge in [0.05, 0.1) is 0 Å². The van der Waals surface area contributed by atoms with Gasteiger partial charge in [0, 0.05) is 0 Å². The third-order valence-corrected chi connectivity index (χ3v) is 0.520. The van der Waals surface area contributed by atoms with E-state index in [0.29, 0.717) is 6.08 Å². The predicted octanol–water partition coefficient (Wildman–Crippen LogP) is 0.103. The first kappa shape index (κ1) is 7.66. The predicted molar refractivity (Wildman–Crippen MR) is 31.4 cm³/mol. The van der Waals surface area contributed by atoms with Crippen molar-refractivity contribution in [3.8, 4) is 0 Å². The van der Waals surface area contributed by atoms with Crippen molar-refractivity contribution in [2.45, 2.75) is 0 Å². The van der Waals surface area contributed by atoms with Crippen LogP contribution in [0.5, 0.6) is 0 Å². The molecule has 0 aromatic heterocycles. The first-order valence-corrected chi connectivity index (χ1v) is 2.29. The molecule has 3 heteroatoms.